The topological polar surface area (TPSA) is 87.2 Å². The first-order valence-corrected chi connectivity index (χ1v) is 11.2. The fraction of sp³-hybridized carbons (Fsp3) is 0.348. The van der Waals surface area contributed by atoms with E-state index in [1.807, 2.05) is 61.6 Å². The van der Waals surface area contributed by atoms with Gasteiger partial charge < -0.3 is 5.11 Å². The second kappa shape index (κ2) is 11.8. The molecule has 0 amide bonds. The summed E-state index contributed by atoms with van der Waals surface area (Å²) in [7, 11) is 0. The van der Waals surface area contributed by atoms with Crippen LogP contribution in [0, 0.1) is 11.5 Å². The minimum atomic E-state index is -0.0599. The highest BCUT2D eigenvalue weighted by Crippen LogP contribution is 2.21. The molecule has 1 unspecified atom stereocenters. The normalized spacial score (nSPS) is 16.2. The van der Waals surface area contributed by atoms with Crippen molar-refractivity contribution in [3.8, 4) is 6.19 Å². The third-order valence-electron chi connectivity index (χ3n) is 5.25. The van der Waals surface area contributed by atoms with Crippen LogP contribution in [0.1, 0.15) is 18.1 Å². The summed E-state index contributed by atoms with van der Waals surface area (Å²) in [6, 6.07) is 15.1. The van der Waals surface area contributed by atoms with E-state index in [-0.39, 0.29) is 12.6 Å². The molecule has 0 fully saturated rings. The van der Waals surface area contributed by atoms with Crippen molar-refractivity contribution < 1.29 is 5.11 Å². The van der Waals surface area contributed by atoms with Gasteiger partial charge in [0.05, 0.1) is 24.9 Å². The van der Waals surface area contributed by atoms with Gasteiger partial charge in [0.1, 0.15) is 0 Å². The molecule has 0 aromatic heterocycles. The molecule has 1 atom stereocenters. The van der Waals surface area contributed by atoms with Crippen LogP contribution in [0.25, 0.3) is 0 Å². The summed E-state index contributed by atoms with van der Waals surface area (Å²) in [4.78, 5) is 6.76. The van der Waals surface area contributed by atoms with Crippen molar-refractivity contribution in [2.45, 2.75) is 19.4 Å². The summed E-state index contributed by atoms with van der Waals surface area (Å²) in [6.45, 7) is 4.38. The van der Waals surface area contributed by atoms with E-state index in [9.17, 15) is 10.4 Å². The summed E-state index contributed by atoms with van der Waals surface area (Å²) in [5.41, 5.74) is 2.90. The van der Waals surface area contributed by atoms with Crippen molar-refractivity contribution in [2.24, 2.45) is 10.1 Å². The zero-order chi connectivity index (χ0) is 22.9. The molecule has 32 heavy (non-hydrogen) atoms. The van der Waals surface area contributed by atoms with Crippen molar-refractivity contribution >= 4 is 34.9 Å². The number of hydrogen-bond acceptors (Lipinski definition) is 5. The lowest BCUT2D eigenvalue weighted by molar-refractivity contribution is 0.179. The molecule has 1 heterocycles. The van der Waals surface area contributed by atoms with Crippen LogP contribution < -0.4 is 5.32 Å². The van der Waals surface area contributed by atoms with E-state index in [0.29, 0.717) is 42.1 Å². The number of nitriles is 1. The van der Waals surface area contributed by atoms with Crippen molar-refractivity contribution in [1.82, 2.24) is 15.2 Å². The SMILES string of the molecule is CCN(CCO)C1CN(C(=NCCc2ccc(Cl)cc2)NC#N)N=C1c1ccc(Cl)cc1. The molecule has 7 nitrogen and oxygen atoms in total. The number of guanidine groups is 1. The Morgan fingerprint density at radius 2 is 1.88 bits per heavy atom. The average molecular weight is 473 g/mol. The third-order valence-corrected chi connectivity index (χ3v) is 5.76. The van der Waals surface area contributed by atoms with Gasteiger partial charge in [-0.1, -0.05) is 54.4 Å². The molecular weight excluding hydrogens is 447 g/mol. The monoisotopic (exact) mass is 472 g/mol. The van der Waals surface area contributed by atoms with Gasteiger partial charge >= 0.3 is 0 Å². The van der Waals surface area contributed by atoms with E-state index in [4.69, 9.17) is 28.3 Å². The fourth-order valence-corrected chi connectivity index (χ4v) is 3.87. The Morgan fingerprint density at radius 3 is 2.47 bits per heavy atom. The largest absolute Gasteiger partial charge is 0.395 e. The highest BCUT2D eigenvalue weighted by Gasteiger charge is 2.33. The Balaban J connectivity index is 1.84. The highest BCUT2D eigenvalue weighted by atomic mass is 35.5. The molecule has 9 heteroatoms. The first kappa shape index (κ1) is 24.0. The molecule has 0 saturated carbocycles. The quantitative estimate of drug-likeness (QED) is 0.266. The van der Waals surface area contributed by atoms with Crippen molar-refractivity contribution in [3.63, 3.8) is 0 Å². The maximum atomic E-state index is 9.52. The number of rotatable bonds is 8. The molecule has 0 spiro atoms. The number of hydrogen-bond donors (Lipinski definition) is 2. The number of hydrazone groups is 1. The number of aliphatic imine (C=N–C) groups is 1. The van der Waals surface area contributed by atoms with Gasteiger partial charge in [-0.15, -0.1) is 0 Å². The van der Waals surface area contributed by atoms with Gasteiger partial charge in [-0.25, -0.2) is 5.01 Å². The minimum absolute atomic E-state index is 0.0523. The number of likely N-dealkylation sites (N-methyl/N-ethyl adjacent to an activating group) is 1. The van der Waals surface area contributed by atoms with Gasteiger partial charge in [-0.3, -0.25) is 15.2 Å². The second-order valence-electron chi connectivity index (χ2n) is 7.26. The Hall–Kier alpha value is -2.63. The molecule has 2 aromatic carbocycles. The molecule has 3 rings (SSSR count). The van der Waals surface area contributed by atoms with Crippen LogP contribution in [-0.2, 0) is 6.42 Å². The number of benzene rings is 2. The third kappa shape index (κ3) is 6.21. The molecule has 1 aliphatic rings. The maximum absolute atomic E-state index is 9.52. The molecule has 0 bridgehead atoms. The van der Waals surface area contributed by atoms with Gasteiger partial charge in [0.25, 0.3) is 0 Å². The van der Waals surface area contributed by atoms with Crippen molar-refractivity contribution in [1.29, 1.82) is 5.26 Å². The van der Waals surface area contributed by atoms with E-state index in [1.54, 1.807) is 5.01 Å². The summed E-state index contributed by atoms with van der Waals surface area (Å²) in [5, 5.41) is 29.3. The van der Waals surface area contributed by atoms with Crippen LogP contribution in [0.4, 0.5) is 0 Å². The van der Waals surface area contributed by atoms with Gasteiger partial charge in [0, 0.05) is 23.1 Å². The first-order chi connectivity index (χ1) is 15.5. The summed E-state index contributed by atoms with van der Waals surface area (Å²) >= 11 is 12.0. The fourth-order valence-electron chi connectivity index (χ4n) is 3.62. The molecule has 0 aliphatic carbocycles. The summed E-state index contributed by atoms with van der Waals surface area (Å²) in [5.74, 6) is 0.399. The molecule has 0 radical (unpaired) electrons. The number of nitrogens with one attached hydrogen (secondary N) is 1. The molecular formula is C23H26Cl2N6O. The van der Waals surface area contributed by atoms with Gasteiger partial charge in [-0.05, 0) is 48.4 Å². The van der Waals surface area contributed by atoms with Crippen LogP contribution in [0.2, 0.25) is 10.0 Å². The van der Waals surface area contributed by atoms with Crippen LogP contribution in [0.15, 0.2) is 58.6 Å². The van der Waals surface area contributed by atoms with Gasteiger partial charge in [0.2, 0.25) is 5.96 Å². The molecule has 168 valence electrons. The lowest BCUT2D eigenvalue weighted by Gasteiger charge is -2.28. The van der Waals surface area contributed by atoms with Crippen LogP contribution >= 0.6 is 23.2 Å². The molecule has 2 N–H and O–H groups in total. The van der Waals surface area contributed by atoms with Crippen LogP contribution in [0.3, 0.4) is 0 Å². The van der Waals surface area contributed by atoms with E-state index < -0.39 is 0 Å². The number of halogens is 2. The van der Waals surface area contributed by atoms with Crippen molar-refractivity contribution in [3.05, 3.63) is 69.7 Å². The summed E-state index contributed by atoms with van der Waals surface area (Å²) < 4.78 is 0. The summed E-state index contributed by atoms with van der Waals surface area (Å²) in [6.07, 6.45) is 2.68. The molecule has 1 aliphatic heterocycles. The number of aliphatic hydroxyl groups excluding tert-OH is 1. The van der Waals surface area contributed by atoms with E-state index in [1.165, 1.54) is 0 Å². The zero-order valence-corrected chi connectivity index (χ0v) is 19.4. The van der Waals surface area contributed by atoms with Gasteiger partial charge in [-0.2, -0.15) is 10.4 Å². The zero-order valence-electron chi connectivity index (χ0n) is 17.9. The average Bonchev–Trinajstić information content (AvgIpc) is 3.23. The lowest BCUT2D eigenvalue weighted by Crippen LogP contribution is -2.46. The first-order valence-electron chi connectivity index (χ1n) is 10.5. The van der Waals surface area contributed by atoms with E-state index in [0.717, 1.165) is 23.4 Å². The predicted octanol–water partition coefficient (Wildman–Crippen LogP) is 3.37. The van der Waals surface area contributed by atoms with Crippen LogP contribution in [0.5, 0.6) is 0 Å². The maximum Gasteiger partial charge on any atom is 0.228 e. The second-order valence-corrected chi connectivity index (χ2v) is 8.13. The minimum Gasteiger partial charge on any atom is -0.395 e. The predicted molar refractivity (Wildman–Crippen MR) is 129 cm³/mol. The Kier molecular flexibility index (Phi) is 8.89. The number of aliphatic hydroxyl groups is 1. The van der Waals surface area contributed by atoms with Crippen molar-refractivity contribution in [2.75, 3.05) is 32.8 Å². The number of nitrogens with zero attached hydrogens (tertiary/aromatic N) is 5. The lowest BCUT2D eigenvalue weighted by atomic mass is 10.0. The Morgan fingerprint density at radius 1 is 1.22 bits per heavy atom. The van der Waals surface area contributed by atoms with Gasteiger partial charge in [0.15, 0.2) is 6.19 Å². The Labute approximate surface area is 198 Å². The Bertz CT molecular complexity index is 985. The van der Waals surface area contributed by atoms with Crippen LogP contribution in [-0.4, -0.2) is 65.5 Å². The molecule has 2 aromatic rings. The van der Waals surface area contributed by atoms with E-state index >= 15 is 0 Å². The van der Waals surface area contributed by atoms with E-state index in [2.05, 4.69) is 15.2 Å². The molecule has 0 saturated heterocycles. The highest BCUT2D eigenvalue weighted by molar-refractivity contribution is 6.31. The smallest absolute Gasteiger partial charge is 0.228 e. The standard InChI is InChI=1S/C23H26Cl2N6O/c1-2-30(13-14-32)21-15-31(29-22(21)18-5-9-20(25)10-6-18)23(28-16-26)27-12-11-17-3-7-19(24)8-4-17/h3-10,21,32H,2,11-15H2,1H3,(H,27,28).